The van der Waals surface area contributed by atoms with Gasteiger partial charge >= 0.3 is 0 Å². The molecule has 1 aliphatic carbocycles. The van der Waals surface area contributed by atoms with Gasteiger partial charge in [-0.15, -0.1) is 0 Å². The average Bonchev–Trinajstić information content (AvgIpc) is 3.01. The van der Waals surface area contributed by atoms with Gasteiger partial charge in [0, 0.05) is 19.1 Å². The predicted octanol–water partition coefficient (Wildman–Crippen LogP) is 1.76. The molecule has 3 aliphatic rings. The van der Waals surface area contributed by atoms with Gasteiger partial charge in [0.25, 0.3) is 0 Å². The third-order valence-corrected chi connectivity index (χ3v) is 5.26. The first-order chi connectivity index (χ1) is 8.75. The molecule has 2 unspecified atom stereocenters. The topological polar surface area (TPSA) is 35.5 Å². The molecule has 0 aromatic carbocycles. The van der Waals surface area contributed by atoms with Crippen LogP contribution in [0, 0.1) is 5.92 Å². The standard InChI is InChI=1S/C15H28N2O/c18-15(7-1-2-8-15)12-17-10-4-5-13(11-17)14-6-3-9-16-14/h13-14,16,18H,1-12H2. The third kappa shape index (κ3) is 2.89. The maximum atomic E-state index is 10.5. The van der Waals surface area contributed by atoms with E-state index in [9.17, 15) is 5.11 Å². The van der Waals surface area contributed by atoms with E-state index in [2.05, 4.69) is 10.2 Å². The monoisotopic (exact) mass is 252 g/mol. The van der Waals surface area contributed by atoms with E-state index in [-0.39, 0.29) is 5.60 Å². The van der Waals surface area contributed by atoms with Gasteiger partial charge in [0.05, 0.1) is 5.60 Å². The predicted molar refractivity (Wildman–Crippen MR) is 73.6 cm³/mol. The highest BCUT2D eigenvalue weighted by Crippen LogP contribution is 2.32. The van der Waals surface area contributed by atoms with Crippen molar-refractivity contribution in [3.63, 3.8) is 0 Å². The quantitative estimate of drug-likeness (QED) is 0.803. The van der Waals surface area contributed by atoms with Crippen LogP contribution < -0.4 is 5.32 Å². The molecule has 3 nitrogen and oxygen atoms in total. The number of likely N-dealkylation sites (tertiary alicyclic amines) is 1. The summed E-state index contributed by atoms with van der Waals surface area (Å²) in [6.07, 6.45) is 9.90. The maximum absolute atomic E-state index is 10.5. The van der Waals surface area contributed by atoms with Gasteiger partial charge in [-0.05, 0) is 57.5 Å². The van der Waals surface area contributed by atoms with E-state index in [4.69, 9.17) is 0 Å². The van der Waals surface area contributed by atoms with Crippen LogP contribution in [-0.4, -0.2) is 47.8 Å². The normalized spacial score (nSPS) is 37.2. The van der Waals surface area contributed by atoms with E-state index in [1.807, 2.05) is 0 Å². The molecule has 1 saturated carbocycles. The molecule has 0 aromatic heterocycles. The van der Waals surface area contributed by atoms with Crippen molar-refractivity contribution in [2.75, 3.05) is 26.2 Å². The summed E-state index contributed by atoms with van der Waals surface area (Å²) in [4.78, 5) is 2.54. The fraction of sp³-hybridized carbons (Fsp3) is 1.00. The number of hydrogen-bond donors (Lipinski definition) is 2. The van der Waals surface area contributed by atoms with Crippen molar-refractivity contribution in [3.8, 4) is 0 Å². The molecule has 2 heterocycles. The summed E-state index contributed by atoms with van der Waals surface area (Å²) in [6, 6.07) is 0.756. The van der Waals surface area contributed by atoms with Crippen LogP contribution in [0.4, 0.5) is 0 Å². The molecule has 2 atom stereocenters. The Balaban J connectivity index is 1.53. The number of piperidine rings is 1. The average molecular weight is 252 g/mol. The van der Waals surface area contributed by atoms with E-state index in [1.165, 1.54) is 58.2 Å². The molecule has 0 radical (unpaired) electrons. The summed E-state index contributed by atoms with van der Waals surface area (Å²) in [5.74, 6) is 0.825. The van der Waals surface area contributed by atoms with Crippen molar-refractivity contribution in [2.45, 2.75) is 63.0 Å². The van der Waals surface area contributed by atoms with Gasteiger partial charge in [-0.3, -0.25) is 0 Å². The van der Waals surface area contributed by atoms with Gasteiger partial charge in [-0.25, -0.2) is 0 Å². The van der Waals surface area contributed by atoms with Gasteiger partial charge in [-0.2, -0.15) is 0 Å². The lowest BCUT2D eigenvalue weighted by Gasteiger charge is -2.39. The van der Waals surface area contributed by atoms with Crippen molar-refractivity contribution in [3.05, 3.63) is 0 Å². The molecule has 3 fully saturated rings. The Bertz CT molecular complexity index is 270. The Morgan fingerprint density at radius 1 is 1.11 bits per heavy atom. The van der Waals surface area contributed by atoms with Crippen molar-refractivity contribution in [1.82, 2.24) is 10.2 Å². The molecule has 2 N–H and O–H groups in total. The Morgan fingerprint density at radius 2 is 1.94 bits per heavy atom. The molecule has 2 aliphatic heterocycles. The Hall–Kier alpha value is -0.120. The highest BCUT2D eigenvalue weighted by atomic mass is 16.3. The molecule has 18 heavy (non-hydrogen) atoms. The molecule has 3 rings (SSSR count). The van der Waals surface area contributed by atoms with Gasteiger partial charge in [0.1, 0.15) is 0 Å². The zero-order valence-corrected chi connectivity index (χ0v) is 11.5. The van der Waals surface area contributed by atoms with Crippen LogP contribution in [0.5, 0.6) is 0 Å². The van der Waals surface area contributed by atoms with E-state index < -0.39 is 0 Å². The van der Waals surface area contributed by atoms with Crippen molar-refractivity contribution in [2.24, 2.45) is 5.92 Å². The molecule has 0 amide bonds. The van der Waals surface area contributed by atoms with Crippen LogP contribution in [0.15, 0.2) is 0 Å². The van der Waals surface area contributed by atoms with Crippen LogP contribution in [0.1, 0.15) is 51.4 Å². The second-order valence-electron chi connectivity index (χ2n) is 6.77. The van der Waals surface area contributed by atoms with E-state index in [0.29, 0.717) is 0 Å². The Kier molecular flexibility index (Phi) is 3.92. The van der Waals surface area contributed by atoms with Crippen LogP contribution in [0.25, 0.3) is 0 Å². The van der Waals surface area contributed by atoms with Crippen molar-refractivity contribution in [1.29, 1.82) is 0 Å². The van der Waals surface area contributed by atoms with Crippen molar-refractivity contribution >= 4 is 0 Å². The SMILES string of the molecule is OC1(CN2CCCC(C3CCCN3)C2)CCCC1. The number of hydrogen-bond acceptors (Lipinski definition) is 3. The molecule has 0 aromatic rings. The molecular weight excluding hydrogens is 224 g/mol. The Labute approximate surface area is 111 Å². The number of rotatable bonds is 3. The van der Waals surface area contributed by atoms with Gasteiger partial charge in [0.15, 0.2) is 0 Å². The van der Waals surface area contributed by atoms with Crippen LogP contribution in [0.2, 0.25) is 0 Å². The second-order valence-corrected chi connectivity index (χ2v) is 6.77. The zero-order valence-electron chi connectivity index (χ0n) is 11.5. The van der Waals surface area contributed by atoms with Crippen LogP contribution >= 0.6 is 0 Å². The van der Waals surface area contributed by atoms with E-state index in [0.717, 1.165) is 31.3 Å². The summed E-state index contributed by atoms with van der Waals surface area (Å²) in [6.45, 7) is 4.55. The summed E-state index contributed by atoms with van der Waals surface area (Å²) in [7, 11) is 0. The Morgan fingerprint density at radius 3 is 2.67 bits per heavy atom. The first-order valence-electron chi connectivity index (χ1n) is 7.93. The molecule has 0 bridgehead atoms. The van der Waals surface area contributed by atoms with Gasteiger partial charge < -0.3 is 15.3 Å². The maximum Gasteiger partial charge on any atom is 0.0774 e. The molecular formula is C15H28N2O. The second kappa shape index (κ2) is 5.48. The summed E-state index contributed by atoms with van der Waals surface area (Å²) in [5.41, 5.74) is -0.356. The van der Waals surface area contributed by atoms with Crippen LogP contribution in [0.3, 0.4) is 0 Å². The van der Waals surface area contributed by atoms with Gasteiger partial charge in [-0.1, -0.05) is 12.8 Å². The highest BCUT2D eigenvalue weighted by Gasteiger charge is 2.36. The number of β-amino-alcohol motifs (C(OH)–C–C–N with tert-alkyl or cyclic N) is 1. The molecule has 2 saturated heterocycles. The summed E-state index contributed by atoms with van der Waals surface area (Å²) >= 11 is 0. The fourth-order valence-electron chi connectivity index (χ4n) is 4.28. The smallest absolute Gasteiger partial charge is 0.0774 e. The summed E-state index contributed by atoms with van der Waals surface area (Å²) in [5, 5.41) is 14.2. The lowest BCUT2D eigenvalue weighted by atomic mass is 9.88. The molecule has 3 heteroatoms. The first kappa shape index (κ1) is 12.9. The van der Waals surface area contributed by atoms with Crippen LogP contribution in [-0.2, 0) is 0 Å². The van der Waals surface area contributed by atoms with E-state index >= 15 is 0 Å². The third-order valence-electron chi connectivity index (χ3n) is 5.26. The molecule has 0 spiro atoms. The lowest BCUT2D eigenvalue weighted by Crippen LogP contribution is -2.48. The minimum absolute atomic E-state index is 0.356. The number of aliphatic hydroxyl groups is 1. The van der Waals surface area contributed by atoms with Gasteiger partial charge in [0.2, 0.25) is 0 Å². The van der Waals surface area contributed by atoms with E-state index in [1.54, 1.807) is 0 Å². The first-order valence-corrected chi connectivity index (χ1v) is 7.93. The van der Waals surface area contributed by atoms with Crippen molar-refractivity contribution < 1.29 is 5.11 Å². The largest absolute Gasteiger partial charge is 0.389 e. The zero-order chi connectivity index (χ0) is 12.4. The lowest BCUT2D eigenvalue weighted by molar-refractivity contribution is -0.00445. The number of nitrogens with one attached hydrogen (secondary N) is 1. The summed E-state index contributed by atoms with van der Waals surface area (Å²) < 4.78 is 0. The number of nitrogens with zero attached hydrogens (tertiary/aromatic N) is 1. The molecule has 104 valence electrons. The highest BCUT2D eigenvalue weighted by molar-refractivity contribution is 4.91. The minimum Gasteiger partial charge on any atom is -0.389 e. The fourth-order valence-corrected chi connectivity index (χ4v) is 4.28. The minimum atomic E-state index is -0.356.